The standard InChI is InChI=1S/C4H7F3O2/c1-9-2-3(8)4(5,6)7/h3,8H,2H2,1H3. The summed E-state index contributed by atoms with van der Waals surface area (Å²) in [5.74, 6) is 0. The predicted octanol–water partition coefficient (Wildman–Crippen LogP) is 0.556. The molecule has 0 saturated carbocycles. The maximum absolute atomic E-state index is 11.3. The zero-order chi connectivity index (χ0) is 7.49. The van der Waals surface area contributed by atoms with E-state index in [-0.39, 0.29) is 0 Å². The van der Waals surface area contributed by atoms with Crippen molar-refractivity contribution >= 4 is 0 Å². The number of hydrogen-bond donors (Lipinski definition) is 1. The van der Waals surface area contributed by atoms with Crippen molar-refractivity contribution in [3.8, 4) is 0 Å². The lowest BCUT2D eigenvalue weighted by molar-refractivity contribution is -0.215. The molecule has 2 nitrogen and oxygen atoms in total. The molecule has 0 rings (SSSR count). The zero-order valence-corrected chi connectivity index (χ0v) is 4.77. The van der Waals surface area contributed by atoms with Gasteiger partial charge in [-0.25, -0.2) is 0 Å². The summed E-state index contributed by atoms with van der Waals surface area (Å²) in [6, 6.07) is 0. The Bertz CT molecular complexity index is 80.4. The highest BCUT2D eigenvalue weighted by molar-refractivity contribution is 4.62. The van der Waals surface area contributed by atoms with Gasteiger partial charge in [-0.1, -0.05) is 0 Å². The van der Waals surface area contributed by atoms with Crippen LogP contribution in [0.3, 0.4) is 0 Å². The molecule has 1 N–H and O–H groups in total. The molecule has 0 aliphatic rings. The first-order valence-electron chi connectivity index (χ1n) is 2.22. The van der Waals surface area contributed by atoms with Crippen LogP contribution in [-0.2, 0) is 4.74 Å². The summed E-state index contributed by atoms with van der Waals surface area (Å²) in [6.45, 7) is -0.705. The molecule has 0 heterocycles. The van der Waals surface area contributed by atoms with Crippen molar-refractivity contribution in [3.63, 3.8) is 0 Å². The lowest BCUT2D eigenvalue weighted by Crippen LogP contribution is -2.32. The van der Waals surface area contributed by atoms with E-state index >= 15 is 0 Å². The summed E-state index contributed by atoms with van der Waals surface area (Å²) in [7, 11) is 1.09. The van der Waals surface area contributed by atoms with Gasteiger partial charge in [-0.2, -0.15) is 13.2 Å². The van der Waals surface area contributed by atoms with E-state index in [1.165, 1.54) is 0 Å². The summed E-state index contributed by atoms with van der Waals surface area (Å²) in [4.78, 5) is 0. The average Bonchev–Trinajstić information content (AvgIpc) is 1.64. The van der Waals surface area contributed by atoms with Gasteiger partial charge in [0, 0.05) is 7.11 Å². The Morgan fingerprint density at radius 3 is 2.11 bits per heavy atom. The Morgan fingerprint density at radius 2 is 2.00 bits per heavy atom. The Balaban J connectivity index is 3.59. The monoisotopic (exact) mass is 144 g/mol. The second-order valence-corrected chi connectivity index (χ2v) is 1.51. The first kappa shape index (κ1) is 8.71. The van der Waals surface area contributed by atoms with E-state index in [0.717, 1.165) is 7.11 Å². The van der Waals surface area contributed by atoms with Gasteiger partial charge in [0.2, 0.25) is 0 Å². The minimum absolute atomic E-state index is 0.705. The maximum atomic E-state index is 11.3. The fraction of sp³-hybridized carbons (Fsp3) is 1.00. The summed E-state index contributed by atoms with van der Waals surface area (Å²) in [5.41, 5.74) is 0. The predicted molar refractivity (Wildman–Crippen MR) is 23.9 cm³/mol. The highest BCUT2D eigenvalue weighted by Gasteiger charge is 2.37. The van der Waals surface area contributed by atoms with Gasteiger partial charge in [0.15, 0.2) is 6.10 Å². The molecule has 1 atom stereocenters. The second kappa shape index (κ2) is 3.03. The molecule has 0 aliphatic heterocycles. The highest BCUT2D eigenvalue weighted by Crippen LogP contribution is 2.19. The zero-order valence-electron chi connectivity index (χ0n) is 4.77. The molecule has 5 heteroatoms. The molecule has 1 unspecified atom stereocenters. The Hall–Kier alpha value is -0.290. The SMILES string of the molecule is COCC(O)C(F)(F)F. The smallest absolute Gasteiger partial charge is 0.382 e. The third-order valence-corrected chi connectivity index (χ3v) is 0.702. The minimum atomic E-state index is -4.56. The Kier molecular flexibility index (Phi) is 2.93. The van der Waals surface area contributed by atoms with Crippen LogP contribution < -0.4 is 0 Å². The van der Waals surface area contributed by atoms with Gasteiger partial charge < -0.3 is 9.84 Å². The van der Waals surface area contributed by atoms with Crippen LogP contribution in [0.1, 0.15) is 0 Å². The second-order valence-electron chi connectivity index (χ2n) is 1.51. The molecule has 9 heavy (non-hydrogen) atoms. The summed E-state index contributed by atoms with van der Waals surface area (Å²) >= 11 is 0. The molecular weight excluding hydrogens is 137 g/mol. The highest BCUT2D eigenvalue weighted by atomic mass is 19.4. The van der Waals surface area contributed by atoms with Crippen LogP contribution >= 0.6 is 0 Å². The molecule has 0 aromatic heterocycles. The van der Waals surface area contributed by atoms with Crippen molar-refractivity contribution in [1.82, 2.24) is 0 Å². The van der Waals surface area contributed by atoms with E-state index in [2.05, 4.69) is 4.74 Å². The first-order valence-corrected chi connectivity index (χ1v) is 2.22. The number of alkyl halides is 3. The molecule has 0 fully saturated rings. The number of aliphatic hydroxyl groups excluding tert-OH is 1. The molecule has 0 spiro atoms. The lowest BCUT2D eigenvalue weighted by Gasteiger charge is -2.12. The number of aliphatic hydroxyl groups is 1. The van der Waals surface area contributed by atoms with E-state index in [0.29, 0.717) is 0 Å². The van der Waals surface area contributed by atoms with E-state index in [4.69, 9.17) is 5.11 Å². The van der Waals surface area contributed by atoms with E-state index in [1.54, 1.807) is 0 Å². The van der Waals surface area contributed by atoms with Crippen LogP contribution in [-0.4, -0.2) is 31.1 Å². The molecule has 0 amide bonds. The Labute approximate surface area is 50.2 Å². The quantitative estimate of drug-likeness (QED) is 0.613. The molecule has 0 saturated heterocycles. The third-order valence-electron chi connectivity index (χ3n) is 0.702. The summed E-state index contributed by atoms with van der Waals surface area (Å²) in [6.07, 6.45) is -6.92. The molecule has 0 aromatic rings. The van der Waals surface area contributed by atoms with Crippen molar-refractivity contribution in [2.45, 2.75) is 12.3 Å². The number of hydrogen-bond acceptors (Lipinski definition) is 2. The van der Waals surface area contributed by atoms with E-state index < -0.39 is 18.9 Å². The molecule has 0 aromatic carbocycles. The topological polar surface area (TPSA) is 29.5 Å². The van der Waals surface area contributed by atoms with Gasteiger partial charge in [0.25, 0.3) is 0 Å². The van der Waals surface area contributed by atoms with E-state index in [9.17, 15) is 13.2 Å². The molecular formula is C4H7F3O2. The summed E-state index contributed by atoms with van der Waals surface area (Å²) < 4.78 is 38.0. The van der Waals surface area contributed by atoms with Gasteiger partial charge in [0.05, 0.1) is 6.61 Å². The number of halogens is 3. The van der Waals surface area contributed by atoms with Crippen molar-refractivity contribution in [2.75, 3.05) is 13.7 Å². The third kappa shape index (κ3) is 3.31. The van der Waals surface area contributed by atoms with Crippen LogP contribution in [0.5, 0.6) is 0 Å². The van der Waals surface area contributed by atoms with Crippen molar-refractivity contribution in [3.05, 3.63) is 0 Å². The van der Waals surface area contributed by atoms with Crippen LogP contribution in [0.15, 0.2) is 0 Å². The van der Waals surface area contributed by atoms with Gasteiger partial charge >= 0.3 is 6.18 Å². The van der Waals surface area contributed by atoms with Crippen molar-refractivity contribution in [2.24, 2.45) is 0 Å². The van der Waals surface area contributed by atoms with Gasteiger partial charge in [0.1, 0.15) is 0 Å². The number of rotatable bonds is 2. The van der Waals surface area contributed by atoms with Crippen LogP contribution in [0, 0.1) is 0 Å². The lowest BCUT2D eigenvalue weighted by atomic mass is 10.4. The van der Waals surface area contributed by atoms with E-state index in [1.807, 2.05) is 0 Å². The van der Waals surface area contributed by atoms with Gasteiger partial charge in [-0.05, 0) is 0 Å². The van der Waals surface area contributed by atoms with Crippen LogP contribution in [0.4, 0.5) is 13.2 Å². The van der Waals surface area contributed by atoms with Crippen LogP contribution in [0.2, 0.25) is 0 Å². The summed E-state index contributed by atoms with van der Waals surface area (Å²) in [5, 5.41) is 8.14. The van der Waals surface area contributed by atoms with Crippen molar-refractivity contribution < 1.29 is 23.0 Å². The number of methoxy groups -OCH3 is 1. The maximum Gasteiger partial charge on any atom is 0.416 e. The normalized spacial score (nSPS) is 15.7. The van der Waals surface area contributed by atoms with Crippen molar-refractivity contribution in [1.29, 1.82) is 0 Å². The molecule has 0 aliphatic carbocycles. The average molecular weight is 144 g/mol. The fourth-order valence-corrected chi connectivity index (χ4v) is 0.252. The molecule has 0 radical (unpaired) electrons. The largest absolute Gasteiger partial charge is 0.416 e. The van der Waals surface area contributed by atoms with Gasteiger partial charge in [-0.15, -0.1) is 0 Å². The Morgan fingerprint density at radius 1 is 1.56 bits per heavy atom. The minimum Gasteiger partial charge on any atom is -0.382 e. The molecule has 56 valence electrons. The van der Waals surface area contributed by atoms with Crippen LogP contribution in [0.25, 0.3) is 0 Å². The molecule has 0 bridgehead atoms. The first-order chi connectivity index (χ1) is 3.98. The number of ether oxygens (including phenoxy) is 1. The fourth-order valence-electron chi connectivity index (χ4n) is 0.252. The van der Waals surface area contributed by atoms with Gasteiger partial charge in [-0.3, -0.25) is 0 Å².